The van der Waals surface area contributed by atoms with Crippen LogP contribution in [0.5, 0.6) is 5.75 Å². The predicted molar refractivity (Wildman–Crippen MR) is 96.2 cm³/mol. The summed E-state index contributed by atoms with van der Waals surface area (Å²) in [5.41, 5.74) is 2.57. The highest BCUT2D eigenvalue weighted by atomic mass is 16.5. The lowest BCUT2D eigenvalue weighted by molar-refractivity contribution is -0.151. The van der Waals surface area contributed by atoms with Crippen LogP contribution >= 0.6 is 0 Å². The van der Waals surface area contributed by atoms with E-state index in [0.717, 1.165) is 16.7 Å². The summed E-state index contributed by atoms with van der Waals surface area (Å²) in [6, 6.07) is 13.2. The predicted octanol–water partition coefficient (Wildman–Crippen LogP) is 4.36. The average Bonchev–Trinajstić information content (AvgIpc) is 2.56. The van der Waals surface area contributed by atoms with Gasteiger partial charge in [0.1, 0.15) is 5.75 Å². The SMILES string of the molecule is COC(=O)C(C)(C)[C@H](Nc1cc(C)cc(C)c1O)c1ccccc1. The number of phenols is 1. The van der Waals surface area contributed by atoms with Gasteiger partial charge in [0, 0.05) is 0 Å². The lowest BCUT2D eigenvalue weighted by atomic mass is 9.80. The van der Waals surface area contributed by atoms with E-state index in [2.05, 4.69) is 5.32 Å². The van der Waals surface area contributed by atoms with Gasteiger partial charge < -0.3 is 15.2 Å². The van der Waals surface area contributed by atoms with Gasteiger partial charge in [0.15, 0.2) is 0 Å². The van der Waals surface area contributed by atoms with Crippen molar-refractivity contribution in [2.75, 3.05) is 12.4 Å². The molecule has 2 rings (SSSR count). The Balaban J connectivity index is 2.51. The van der Waals surface area contributed by atoms with Crippen LogP contribution in [0.1, 0.15) is 36.6 Å². The molecule has 128 valence electrons. The summed E-state index contributed by atoms with van der Waals surface area (Å²) in [6.07, 6.45) is 0. The number of benzene rings is 2. The number of carbonyl (C=O) groups excluding carboxylic acids is 1. The average molecular weight is 327 g/mol. The van der Waals surface area contributed by atoms with Crippen LogP contribution in [0.4, 0.5) is 5.69 Å². The lowest BCUT2D eigenvalue weighted by Gasteiger charge is -2.34. The Hall–Kier alpha value is -2.49. The second-order valence-electron chi connectivity index (χ2n) is 6.68. The number of ether oxygens (including phenoxy) is 1. The Morgan fingerprint density at radius 1 is 1.17 bits per heavy atom. The molecule has 0 bridgehead atoms. The van der Waals surface area contributed by atoms with Crippen molar-refractivity contribution in [3.05, 3.63) is 59.2 Å². The zero-order chi connectivity index (χ0) is 17.9. The van der Waals surface area contributed by atoms with E-state index in [1.807, 2.05) is 70.2 Å². The molecular weight excluding hydrogens is 302 g/mol. The van der Waals surface area contributed by atoms with Crippen molar-refractivity contribution in [1.29, 1.82) is 0 Å². The molecular formula is C20H25NO3. The maximum atomic E-state index is 12.3. The molecule has 0 aromatic heterocycles. The third kappa shape index (κ3) is 3.53. The Labute approximate surface area is 143 Å². The zero-order valence-electron chi connectivity index (χ0n) is 14.9. The largest absolute Gasteiger partial charge is 0.506 e. The van der Waals surface area contributed by atoms with E-state index in [1.54, 1.807) is 0 Å². The number of aryl methyl sites for hydroxylation is 2. The zero-order valence-corrected chi connectivity index (χ0v) is 14.9. The number of aromatic hydroxyl groups is 1. The van der Waals surface area contributed by atoms with Gasteiger partial charge in [-0.05, 0) is 50.5 Å². The van der Waals surface area contributed by atoms with Crippen LogP contribution in [0.2, 0.25) is 0 Å². The standard InChI is InChI=1S/C20H25NO3/c1-13-11-14(2)17(22)16(12-13)21-18(15-9-7-6-8-10-15)20(3,4)19(23)24-5/h6-12,18,21-22H,1-5H3/t18-/m1/s1. The first kappa shape index (κ1) is 17.9. The number of methoxy groups -OCH3 is 1. The fourth-order valence-corrected chi connectivity index (χ4v) is 2.93. The third-order valence-corrected chi connectivity index (χ3v) is 4.31. The molecule has 24 heavy (non-hydrogen) atoms. The number of nitrogens with one attached hydrogen (secondary N) is 1. The first-order valence-electron chi connectivity index (χ1n) is 7.97. The van der Waals surface area contributed by atoms with Crippen molar-refractivity contribution in [3.63, 3.8) is 0 Å². The number of hydrogen-bond donors (Lipinski definition) is 2. The minimum Gasteiger partial charge on any atom is -0.506 e. The number of phenolic OH excluding ortho intramolecular Hbond substituents is 1. The topological polar surface area (TPSA) is 58.6 Å². The van der Waals surface area contributed by atoms with Crippen molar-refractivity contribution in [3.8, 4) is 5.75 Å². The summed E-state index contributed by atoms with van der Waals surface area (Å²) in [5, 5.41) is 13.8. The second kappa shape index (κ2) is 6.95. The van der Waals surface area contributed by atoms with Gasteiger partial charge >= 0.3 is 5.97 Å². The second-order valence-corrected chi connectivity index (χ2v) is 6.68. The molecule has 2 aromatic carbocycles. The van der Waals surface area contributed by atoms with Crippen molar-refractivity contribution >= 4 is 11.7 Å². The molecule has 4 heteroatoms. The fraction of sp³-hybridized carbons (Fsp3) is 0.350. The molecule has 0 aliphatic carbocycles. The van der Waals surface area contributed by atoms with Gasteiger partial charge in [-0.3, -0.25) is 4.79 Å². The first-order valence-corrected chi connectivity index (χ1v) is 7.97. The van der Waals surface area contributed by atoms with Gasteiger partial charge in [0.2, 0.25) is 0 Å². The van der Waals surface area contributed by atoms with Crippen molar-refractivity contribution in [2.45, 2.75) is 33.7 Å². The summed E-state index contributed by atoms with van der Waals surface area (Å²) < 4.78 is 4.99. The van der Waals surface area contributed by atoms with E-state index in [0.29, 0.717) is 5.69 Å². The number of hydrogen-bond acceptors (Lipinski definition) is 4. The van der Waals surface area contributed by atoms with Gasteiger partial charge in [-0.25, -0.2) is 0 Å². The van der Waals surface area contributed by atoms with Crippen LogP contribution in [-0.4, -0.2) is 18.2 Å². The molecule has 0 aliphatic rings. The number of esters is 1. The molecule has 0 spiro atoms. The smallest absolute Gasteiger partial charge is 0.313 e. The Morgan fingerprint density at radius 3 is 2.38 bits per heavy atom. The van der Waals surface area contributed by atoms with E-state index in [-0.39, 0.29) is 17.8 Å². The molecule has 0 fully saturated rings. The maximum Gasteiger partial charge on any atom is 0.313 e. The number of rotatable bonds is 5. The molecule has 0 saturated carbocycles. The van der Waals surface area contributed by atoms with Crippen molar-refractivity contribution in [1.82, 2.24) is 0 Å². The van der Waals surface area contributed by atoms with Crippen LogP contribution < -0.4 is 5.32 Å². The van der Waals surface area contributed by atoms with Gasteiger partial charge in [-0.1, -0.05) is 36.4 Å². The van der Waals surface area contributed by atoms with E-state index >= 15 is 0 Å². The summed E-state index contributed by atoms with van der Waals surface area (Å²) in [7, 11) is 1.39. The third-order valence-electron chi connectivity index (χ3n) is 4.31. The summed E-state index contributed by atoms with van der Waals surface area (Å²) >= 11 is 0. The van der Waals surface area contributed by atoms with Crippen molar-refractivity contribution in [2.24, 2.45) is 5.41 Å². The molecule has 0 aliphatic heterocycles. The van der Waals surface area contributed by atoms with E-state index in [9.17, 15) is 9.90 Å². The van der Waals surface area contributed by atoms with E-state index < -0.39 is 5.41 Å². The lowest BCUT2D eigenvalue weighted by Crippen LogP contribution is -2.36. The maximum absolute atomic E-state index is 12.3. The number of carbonyl (C=O) groups is 1. The van der Waals surface area contributed by atoms with Crippen LogP contribution in [0, 0.1) is 19.3 Å². The molecule has 0 radical (unpaired) electrons. The highest BCUT2D eigenvalue weighted by molar-refractivity contribution is 5.78. The molecule has 1 atom stereocenters. The highest BCUT2D eigenvalue weighted by Gasteiger charge is 2.39. The van der Waals surface area contributed by atoms with Crippen LogP contribution in [0.3, 0.4) is 0 Å². The summed E-state index contributed by atoms with van der Waals surface area (Å²) in [5.74, 6) is -0.116. The van der Waals surface area contributed by atoms with Gasteiger partial charge in [-0.2, -0.15) is 0 Å². The highest BCUT2D eigenvalue weighted by Crippen LogP contribution is 2.40. The number of anilines is 1. The Morgan fingerprint density at radius 2 is 1.79 bits per heavy atom. The quantitative estimate of drug-likeness (QED) is 0.633. The van der Waals surface area contributed by atoms with Crippen LogP contribution in [0.25, 0.3) is 0 Å². The van der Waals surface area contributed by atoms with Gasteiger partial charge in [-0.15, -0.1) is 0 Å². The van der Waals surface area contributed by atoms with Gasteiger partial charge in [0.25, 0.3) is 0 Å². The monoisotopic (exact) mass is 327 g/mol. The minimum absolute atomic E-state index is 0.196. The molecule has 0 heterocycles. The van der Waals surface area contributed by atoms with E-state index in [4.69, 9.17) is 4.74 Å². The Bertz CT molecular complexity index is 723. The molecule has 0 unspecified atom stereocenters. The molecule has 0 amide bonds. The molecule has 4 nitrogen and oxygen atoms in total. The molecule has 0 saturated heterocycles. The molecule has 2 aromatic rings. The van der Waals surface area contributed by atoms with Crippen molar-refractivity contribution < 1.29 is 14.6 Å². The van der Waals surface area contributed by atoms with Gasteiger partial charge in [0.05, 0.1) is 24.3 Å². The summed E-state index contributed by atoms with van der Waals surface area (Å²) in [4.78, 5) is 12.3. The first-order chi connectivity index (χ1) is 11.3. The Kier molecular flexibility index (Phi) is 5.17. The normalized spacial score (nSPS) is 12.5. The van der Waals surface area contributed by atoms with E-state index in [1.165, 1.54) is 7.11 Å². The minimum atomic E-state index is -0.819. The van der Waals surface area contributed by atoms with Crippen LogP contribution in [0.15, 0.2) is 42.5 Å². The summed E-state index contributed by atoms with van der Waals surface area (Å²) in [6.45, 7) is 7.50. The van der Waals surface area contributed by atoms with Crippen LogP contribution in [-0.2, 0) is 9.53 Å². The fourth-order valence-electron chi connectivity index (χ4n) is 2.93. The molecule has 2 N–H and O–H groups in total.